The molecule has 9 nitrogen and oxygen atoms in total. The summed E-state index contributed by atoms with van der Waals surface area (Å²) in [7, 11) is 1.87. The Morgan fingerprint density at radius 2 is 2.06 bits per heavy atom. The molecule has 1 fully saturated rings. The maximum absolute atomic E-state index is 12.2. The number of nitrogen functional groups attached to an aromatic ring is 1. The van der Waals surface area contributed by atoms with Crippen molar-refractivity contribution in [2.45, 2.75) is 64.0 Å². The van der Waals surface area contributed by atoms with Gasteiger partial charge in [0.05, 0.1) is 22.6 Å². The van der Waals surface area contributed by atoms with E-state index in [4.69, 9.17) is 15.5 Å². The van der Waals surface area contributed by atoms with Crippen LogP contribution in [0.15, 0.2) is 23.1 Å². The number of nitrogens with one attached hydrogen (secondary N) is 1. The van der Waals surface area contributed by atoms with Crippen molar-refractivity contribution in [2.24, 2.45) is 7.05 Å². The molecule has 3 aromatic rings. The van der Waals surface area contributed by atoms with E-state index in [9.17, 15) is 4.79 Å². The predicted octanol–water partition coefficient (Wildman–Crippen LogP) is 4.03. The van der Waals surface area contributed by atoms with Crippen molar-refractivity contribution in [1.29, 1.82) is 0 Å². The molecule has 10 heteroatoms. The van der Waals surface area contributed by atoms with Crippen molar-refractivity contribution in [3.8, 4) is 11.1 Å². The number of anilines is 1. The molecule has 4 rings (SSSR count). The second-order valence-corrected chi connectivity index (χ2v) is 9.89. The zero-order valence-electron chi connectivity index (χ0n) is 18.2. The summed E-state index contributed by atoms with van der Waals surface area (Å²) >= 11 is 3.64. The number of ether oxygens (including phenoxy) is 1. The average molecular weight is 490 g/mol. The molecule has 0 aromatic carbocycles. The van der Waals surface area contributed by atoms with Crippen LogP contribution in [-0.2, 0) is 11.8 Å². The van der Waals surface area contributed by atoms with Gasteiger partial charge in [-0.15, -0.1) is 0 Å². The summed E-state index contributed by atoms with van der Waals surface area (Å²) in [6, 6.07) is 0.0301. The number of carbonyl (C=O) groups is 1. The Hall–Kier alpha value is -2.62. The van der Waals surface area contributed by atoms with E-state index < -0.39 is 5.60 Å². The topological polar surface area (TPSA) is 112 Å². The lowest BCUT2D eigenvalue weighted by Gasteiger charge is -2.31. The Balaban J connectivity index is 1.62. The van der Waals surface area contributed by atoms with Crippen molar-refractivity contribution >= 4 is 33.5 Å². The Kier molecular flexibility index (Phi) is 5.67. The average Bonchev–Trinajstić information content (AvgIpc) is 3.29. The Bertz CT molecular complexity index is 1120. The Labute approximate surface area is 189 Å². The predicted molar refractivity (Wildman–Crippen MR) is 122 cm³/mol. The van der Waals surface area contributed by atoms with Gasteiger partial charge in [0, 0.05) is 36.3 Å². The van der Waals surface area contributed by atoms with Gasteiger partial charge >= 0.3 is 6.09 Å². The molecule has 3 heterocycles. The van der Waals surface area contributed by atoms with Crippen molar-refractivity contribution in [3.05, 3.63) is 28.8 Å². The minimum atomic E-state index is -0.521. The summed E-state index contributed by atoms with van der Waals surface area (Å²) in [4.78, 5) is 17.2. The molecule has 1 aliphatic carbocycles. The van der Waals surface area contributed by atoms with Crippen molar-refractivity contribution in [1.82, 2.24) is 29.7 Å². The van der Waals surface area contributed by atoms with Crippen LogP contribution in [0.5, 0.6) is 0 Å². The number of aryl methyl sites for hydroxylation is 1. The zero-order valence-corrected chi connectivity index (χ0v) is 19.8. The van der Waals surface area contributed by atoms with Crippen LogP contribution in [0.1, 0.15) is 58.1 Å². The number of hydrogen-bond donors (Lipinski definition) is 2. The van der Waals surface area contributed by atoms with Gasteiger partial charge in [-0.1, -0.05) is 6.42 Å². The van der Waals surface area contributed by atoms with Gasteiger partial charge in [0.15, 0.2) is 5.65 Å². The Morgan fingerprint density at radius 3 is 2.74 bits per heavy atom. The lowest BCUT2D eigenvalue weighted by Crippen LogP contribution is -2.41. The van der Waals surface area contributed by atoms with Crippen molar-refractivity contribution in [2.75, 3.05) is 5.73 Å². The highest BCUT2D eigenvalue weighted by molar-refractivity contribution is 9.10. The first-order valence-corrected chi connectivity index (χ1v) is 11.2. The van der Waals surface area contributed by atoms with Crippen molar-refractivity contribution in [3.63, 3.8) is 0 Å². The highest BCUT2D eigenvalue weighted by Gasteiger charge is 2.30. The standard InChI is InChI=1S/C21H28BrN7O2/c1-21(2,3)31-20(30)26-14-7-5-6-12(8-14)17-16(22)18(23)29-19(27-17)15(10-25-29)13-9-24-28(4)11-13/h9-12,14H,5-8,23H2,1-4H3,(H,26,30)/t12-,14+/m0/s1. The lowest BCUT2D eigenvalue weighted by molar-refractivity contribution is 0.0490. The fraction of sp³-hybridized carbons (Fsp3) is 0.524. The SMILES string of the molecule is Cn1cc(-c2cnn3c(N)c(Br)c([C@H]4CCC[C@@H](NC(=O)OC(C)(C)C)C4)nc23)cn1. The van der Waals surface area contributed by atoms with E-state index in [0.29, 0.717) is 11.5 Å². The molecule has 2 atom stereocenters. The first kappa shape index (κ1) is 21.6. The maximum Gasteiger partial charge on any atom is 0.407 e. The van der Waals surface area contributed by atoms with E-state index in [1.54, 1.807) is 21.6 Å². The van der Waals surface area contributed by atoms with Crippen molar-refractivity contribution < 1.29 is 9.53 Å². The minimum Gasteiger partial charge on any atom is -0.444 e. The van der Waals surface area contributed by atoms with E-state index in [1.165, 1.54) is 0 Å². The number of carbonyl (C=O) groups excluding carboxylic acids is 1. The van der Waals surface area contributed by atoms with Crippen LogP contribution < -0.4 is 11.1 Å². The van der Waals surface area contributed by atoms with Gasteiger partial charge < -0.3 is 15.8 Å². The number of halogens is 1. The minimum absolute atomic E-state index is 0.0301. The third-order valence-corrected chi connectivity index (χ3v) is 6.26. The monoisotopic (exact) mass is 489 g/mol. The molecule has 0 unspecified atom stereocenters. The van der Waals surface area contributed by atoms with Gasteiger partial charge in [-0.2, -0.15) is 14.7 Å². The molecule has 1 saturated carbocycles. The summed E-state index contributed by atoms with van der Waals surface area (Å²) in [5.74, 6) is 0.671. The lowest BCUT2D eigenvalue weighted by atomic mass is 9.83. The van der Waals surface area contributed by atoms with Crippen LogP contribution in [0, 0.1) is 0 Å². The molecule has 1 aliphatic rings. The highest BCUT2D eigenvalue weighted by Crippen LogP contribution is 2.39. The number of alkyl carbamates (subject to hydrolysis) is 1. The number of nitrogens with two attached hydrogens (primary N) is 1. The number of nitrogens with zero attached hydrogens (tertiary/aromatic N) is 5. The molecular weight excluding hydrogens is 462 g/mol. The normalized spacial score (nSPS) is 19.5. The molecule has 31 heavy (non-hydrogen) atoms. The molecule has 3 aromatic heterocycles. The van der Waals surface area contributed by atoms with Gasteiger partial charge in [-0.25, -0.2) is 9.78 Å². The van der Waals surface area contributed by atoms with Gasteiger partial charge in [0.1, 0.15) is 11.4 Å². The van der Waals surface area contributed by atoms with Gasteiger partial charge in [-0.05, 0) is 56.0 Å². The smallest absolute Gasteiger partial charge is 0.407 e. The fourth-order valence-electron chi connectivity index (χ4n) is 4.09. The van der Waals surface area contributed by atoms with E-state index in [-0.39, 0.29) is 18.1 Å². The largest absolute Gasteiger partial charge is 0.444 e. The summed E-state index contributed by atoms with van der Waals surface area (Å²) in [6.07, 6.45) is 8.75. The highest BCUT2D eigenvalue weighted by atomic mass is 79.9. The van der Waals surface area contributed by atoms with E-state index in [1.807, 2.05) is 34.0 Å². The first-order valence-electron chi connectivity index (χ1n) is 10.4. The summed E-state index contributed by atoms with van der Waals surface area (Å²) in [6.45, 7) is 5.59. The fourth-order valence-corrected chi connectivity index (χ4v) is 4.67. The first-order chi connectivity index (χ1) is 14.6. The molecule has 3 N–H and O–H groups in total. The molecule has 0 saturated heterocycles. The third kappa shape index (κ3) is 4.53. The van der Waals surface area contributed by atoms with E-state index in [2.05, 4.69) is 31.4 Å². The van der Waals surface area contributed by atoms with Crippen LogP contribution in [0.4, 0.5) is 10.6 Å². The third-order valence-electron chi connectivity index (χ3n) is 5.45. The molecule has 0 aliphatic heterocycles. The van der Waals surface area contributed by atoms with E-state index >= 15 is 0 Å². The van der Waals surface area contributed by atoms with Crippen LogP contribution in [0.2, 0.25) is 0 Å². The molecule has 0 radical (unpaired) electrons. The number of hydrogen-bond acceptors (Lipinski definition) is 6. The number of fused-ring (bicyclic) bond motifs is 1. The maximum atomic E-state index is 12.2. The quantitative estimate of drug-likeness (QED) is 0.574. The number of aromatic nitrogens is 5. The summed E-state index contributed by atoms with van der Waals surface area (Å²) in [5, 5.41) is 11.7. The number of amides is 1. The molecular formula is C21H28BrN7O2. The summed E-state index contributed by atoms with van der Waals surface area (Å²) < 4.78 is 9.57. The van der Waals surface area contributed by atoms with Crippen LogP contribution in [-0.4, -0.2) is 42.1 Å². The van der Waals surface area contributed by atoms with Crippen LogP contribution in [0.25, 0.3) is 16.8 Å². The van der Waals surface area contributed by atoms with Gasteiger partial charge in [-0.3, -0.25) is 4.68 Å². The molecule has 166 valence electrons. The second-order valence-electron chi connectivity index (χ2n) is 9.10. The molecule has 0 spiro atoms. The van der Waals surface area contributed by atoms with Crippen LogP contribution >= 0.6 is 15.9 Å². The Morgan fingerprint density at radius 1 is 1.29 bits per heavy atom. The molecule has 1 amide bonds. The zero-order chi connectivity index (χ0) is 22.3. The van der Waals surface area contributed by atoms with Gasteiger partial charge in [0.25, 0.3) is 0 Å². The number of rotatable bonds is 3. The summed E-state index contributed by atoms with van der Waals surface area (Å²) in [5.41, 5.74) is 9.30. The van der Waals surface area contributed by atoms with Gasteiger partial charge in [0.2, 0.25) is 0 Å². The molecule has 0 bridgehead atoms. The van der Waals surface area contributed by atoms with Crippen LogP contribution in [0.3, 0.4) is 0 Å². The van der Waals surface area contributed by atoms with E-state index in [0.717, 1.165) is 47.0 Å². The second kappa shape index (κ2) is 8.14.